The first kappa shape index (κ1) is 4.49. The Morgan fingerprint density at radius 3 is 3.56 bits per heavy atom. The normalized spacial score (nSPS) is 12.9. The van der Waals surface area contributed by atoms with Gasteiger partial charge in [0.05, 0.1) is 0 Å². The molecule has 0 unspecified atom stereocenters. The minimum absolute atomic E-state index is 0.703. The minimum atomic E-state index is 0.703. The highest BCUT2D eigenvalue weighted by molar-refractivity contribution is 5.51. The molecule has 0 amide bonds. The number of fused-ring (bicyclic) bond motifs is 1. The van der Waals surface area contributed by atoms with Gasteiger partial charge in [0.15, 0.2) is 5.69 Å². The fraction of sp³-hybridized carbons (Fsp3) is 0. The van der Waals surface area contributed by atoms with Gasteiger partial charge < -0.3 is 0 Å². The van der Waals surface area contributed by atoms with Crippen LogP contribution < -0.4 is 10.1 Å². The fourth-order valence-corrected chi connectivity index (χ4v) is 0.671. The minimum Gasteiger partial charge on any atom is -0.142 e. The predicted molar refractivity (Wildman–Crippen MR) is 30.1 cm³/mol. The molecule has 0 aromatic heterocycles. The first-order chi connectivity index (χ1) is 4.47. The maximum Gasteiger partial charge on any atom is 0.468 e. The molecular formula is C6H3N2O+. The molecule has 3 nitrogen and oxygen atoms in total. The van der Waals surface area contributed by atoms with Crippen LogP contribution >= 0.6 is 0 Å². The summed E-state index contributed by atoms with van der Waals surface area (Å²) < 4.78 is 0. The fourth-order valence-electron chi connectivity index (χ4n) is 0.671. The summed E-state index contributed by atoms with van der Waals surface area (Å²) in [6, 6.07) is 8.12. The molecule has 1 aliphatic heterocycles. The zero-order chi connectivity index (χ0) is 6.10. The second-order valence-corrected chi connectivity index (χ2v) is 1.67. The lowest BCUT2D eigenvalue weighted by atomic mass is 10.3. The summed E-state index contributed by atoms with van der Waals surface area (Å²) in [5.41, 5.74) is 0.748. The lowest BCUT2D eigenvalue weighted by Crippen LogP contribution is -1.84. The van der Waals surface area contributed by atoms with Gasteiger partial charge in [-0.15, -0.1) is 4.84 Å². The van der Waals surface area contributed by atoms with E-state index in [1.165, 1.54) is 0 Å². The van der Waals surface area contributed by atoms with E-state index in [9.17, 15) is 0 Å². The van der Waals surface area contributed by atoms with E-state index in [-0.39, 0.29) is 0 Å². The van der Waals surface area contributed by atoms with Crippen LogP contribution in [0.3, 0.4) is 0 Å². The van der Waals surface area contributed by atoms with Crippen molar-refractivity contribution in [2.24, 2.45) is 5.11 Å². The van der Waals surface area contributed by atoms with Crippen molar-refractivity contribution in [3.8, 4) is 5.75 Å². The number of rotatable bonds is 0. The third-order valence-electron chi connectivity index (χ3n) is 1.09. The smallest absolute Gasteiger partial charge is 0.142 e. The molecule has 2 rings (SSSR count). The lowest BCUT2D eigenvalue weighted by Gasteiger charge is -1.80. The average Bonchev–Trinajstić information content (AvgIpc) is 2.33. The summed E-state index contributed by atoms with van der Waals surface area (Å²) in [6.45, 7) is 0. The molecule has 0 fully saturated rings. The Kier molecular flexibility index (Phi) is 0.773. The van der Waals surface area contributed by atoms with Gasteiger partial charge in [-0.3, -0.25) is 0 Å². The van der Waals surface area contributed by atoms with E-state index in [4.69, 9.17) is 4.84 Å². The van der Waals surface area contributed by atoms with Gasteiger partial charge in [0.25, 0.3) is 0 Å². The Hall–Kier alpha value is -1.38. The van der Waals surface area contributed by atoms with Gasteiger partial charge in [-0.25, -0.2) is 0 Å². The average molecular weight is 119 g/mol. The molecule has 0 spiro atoms. The molecule has 3 heteroatoms. The summed E-state index contributed by atoms with van der Waals surface area (Å²) in [5.74, 6) is 0.703. The number of hydrogen-bond donors (Lipinski definition) is 0. The molecule has 0 N–H and O–H groups in total. The highest BCUT2D eigenvalue weighted by Gasteiger charge is 2.18. The summed E-state index contributed by atoms with van der Waals surface area (Å²) in [7, 11) is 0. The summed E-state index contributed by atoms with van der Waals surface area (Å²) >= 11 is 0. The van der Waals surface area contributed by atoms with Crippen LogP contribution in [0.4, 0.5) is 5.69 Å². The van der Waals surface area contributed by atoms with E-state index in [0.717, 1.165) is 5.69 Å². The topological polar surface area (TPSA) is 35.7 Å². The Labute approximate surface area is 51.9 Å². The first-order valence-electron chi connectivity index (χ1n) is 2.55. The van der Waals surface area contributed by atoms with Crippen molar-refractivity contribution in [2.45, 2.75) is 0 Å². The van der Waals surface area contributed by atoms with Crippen molar-refractivity contribution in [3.05, 3.63) is 24.3 Å². The molecule has 1 aliphatic rings. The third kappa shape index (κ3) is 0.579. The Balaban J connectivity index is 2.63. The van der Waals surface area contributed by atoms with Gasteiger partial charge in [-0.05, 0) is 18.2 Å². The van der Waals surface area contributed by atoms with Crippen molar-refractivity contribution in [3.63, 3.8) is 0 Å². The van der Waals surface area contributed by atoms with Gasteiger partial charge in [0.2, 0.25) is 5.75 Å². The van der Waals surface area contributed by atoms with Crippen LogP contribution in [0, 0.1) is 6.07 Å². The molecule has 0 saturated heterocycles. The molecule has 0 aliphatic carbocycles. The van der Waals surface area contributed by atoms with Crippen LogP contribution in [-0.2, 0) is 0 Å². The third-order valence-corrected chi connectivity index (χ3v) is 1.09. The van der Waals surface area contributed by atoms with Gasteiger partial charge in [-0.2, -0.15) is 0 Å². The van der Waals surface area contributed by atoms with Crippen molar-refractivity contribution >= 4 is 5.69 Å². The second-order valence-electron chi connectivity index (χ2n) is 1.67. The Morgan fingerprint density at radius 1 is 1.67 bits per heavy atom. The molecule has 0 atom stereocenters. The van der Waals surface area contributed by atoms with Crippen LogP contribution in [-0.4, -0.2) is 0 Å². The van der Waals surface area contributed by atoms with Crippen LogP contribution in [0.2, 0.25) is 0 Å². The lowest BCUT2D eigenvalue weighted by molar-refractivity contribution is 0.271. The molecule has 0 bridgehead atoms. The zero-order valence-electron chi connectivity index (χ0n) is 4.53. The summed E-state index contributed by atoms with van der Waals surface area (Å²) in [4.78, 5) is 4.74. The van der Waals surface area contributed by atoms with E-state index in [0.29, 0.717) is 5.75 Å². The molecule has 9 heavy (non-hydrogen) atoms. The van der Waals surface area contributed by atoms with Crippen molar-refractivity contribution in [1.29, 1.82) is 0 Å². The quantitative estimate of drug-likeness (QED) is 0.505. The largest absolute Gasteiger partial charge is 0.468 e. The van der Waals surface area contributed by atoms with E-state index in [1.807, 2.05) is 0 Å². The number of hydrogen-bond acceptors (Lipinski definition) is 3. The Morgan fingerprint density at radius 2 is 2.67 bits per heavy atom. The van der Waals surface area contributed by atoms with Crippen LogP contribution in [0.25, 0.3) is 0 Å². The second kappa shape index (κ2) is 1.55. The van der Waals surface area contributed by atoms with Crippen LogP contribution in [0.5, 0.6) is 5.75 Å². The van der Waals surface area contributed by atoms with Gasteiger partial charge >= 0.3 is 5.28 Å². The molecule has 1 aromatic carbocycles. The molecular weight excluding hydrogens is 116 g/mol. The molecule has 1 aromatic rings. The van der Waals surface area contributed by atoms with E-state index in [2.05, 4.69) is 16.5 Å². The van der Waals surface area contributed by atoms with Gasteiger partial charge in [0, 0.05) is 0 Å². The zero-order valence-corrected chi connectivity index (χ0v) is 4.53. The maximum absolute atomic E-state index is 4.74. The molecule has 1 heterocycles. The molecule has 0 saturated carbocycles. The molecule has 2 radical (unpaired) electrons. The van der Waals surface area contributed by atoms with E-state index < -0.39 is 0 Å². The summed E-state index contributed by atoms with van der Waals surface area (Å²) in [5, 5.41) is 7.03. The first-order valence-corrected chi connectivity index (χ1v) is 2.55. The van der Waals surface area contributed by atoms with Crippen molar-refractivity contribution in [2.75, 3.05) is 0 Å². The van der Waals surface area contributed by atoms with Crippen molar-refractivity contribution < 1.29 is 4.84 Å². The standard InChI is InChI=1S/C6H3N2O/c1-2-4-6-5(3-1)7-8-9-6/h2-4H/q+1. The molecule has 42 valence electrons. The monoisotopic (exact) mass is 119 g/mol. The van der Waals surface area contributed by atoms with Gasteiger partial charge in [-0.1, -0.05) is 6.07 Å². The maximum atomic E-state index is 4.74. The van der Waals surface area contributed by atoms with Crippen LogP contribution in [0.1, 0.15) is 0 Å². The summed E-state index contributed by atoms with van der Waals surface area (Å²) in [6.07, 6.45) is 0. The van der Waals surface area contributed by atoms with Crippen LogP contribution in [0.15, 0.2) is 23.3 Å². The SMILES string of the molecule is [c]1ccc2c(c1)N=[N+]O2. The van der Waals surface area contributed by atoms with E-state index >= 15 is 0 Å². The van der Waals surface area contributed by atoms with Crippen molar-refractivity contribution in [1.82, 2.24) is 5.28 Å². The number of nitrogens with zero attached hydrogens (tertiary/aromatic N) is 2. The predicted octanol–water partition coefficient (Wildman–Crippen LogP) is 1.21. The Bertz CT molecular complexity index is 257. The highest BCUT2D eigenvalue weighted by atomic mass is 16.7. The highest BCUT2D eigenvalue weighted by Crippen LogP contribution is 2.28. The van der Waals surface area contributed by atoms with Gasteiger partial charge in [0.1, 0.15) is 5.11 Å². The number of benzene rings is 1. The van der Waals surface area contributed by atoms with E-state index in [1.54, 1.807) is 18.2 Å².